The Morgan fingerprint density at radius 2 is 2.31 bits per heavy atom. The summed E-state index contributed by atoms with van der Waals surface area (Å²) in [7, 11) is 0. The van der Waals surface area contributed by atoms with Gasteiger partial charge in [-0.05, 0) is 35.0 Å². The van der Waals surface area contributed by atoms with Crippen LogP contribution in [0.2, 0.25) is 0 Å². The maximum Gasteiger partial charge on any atom is 0.273 e. The summed E-state index contributed by atoms with van der Waals surface area (Å²) in [5, 5.41) is 3.50. The van der Waals surface area contributed by atoms with Gasteiger partial charge in [0.15, 0.2) is 0 Å². The van der Waals surface area contributed by atoms with E-state index < -0.39 is 0 Å². The van der Waals surface area contributed by atoms with Gasteiger partial charge < -0.3 is 0 Å². The molecule has 3 nitrogen and oxygen atoms in total. The number of hydrogen-bond acceptors (Lipinski definition) is 1. The van der Waals surface area contributed by atoms with Crippen LogP contribution in [0.1, 0.15) is 6.92 Å². The molecule has 0 bridgehead atoms. The Bertz CT molecular complexity index is 498. The van der Waals surface area contributed by atoms with Crippen LogP contribution in [0.3, 0.4) is 0 Å². The average molecular weight is 241 g/mol. The molecule has 0 radical (unpaired) electrons. The van der Waals surface area contributed by atoms with Crippen molar-refractivity contribution in [3.8, 4) is 0 Å². The summed E-state index contributed by atoms with van der Waals surface area (Å²) in [4.78, 5) is 11.5. The summed E-state index contributed by atoms with van der Waals surface area (Å²) in [6.07, 6.45) is 0. The van der Waals surface area contributed by atoms with Gasteiger partial charge in [-0.15, -0.1) is 0 Å². The SMILES string of the molecule is CCn1[nH]c(=O)c2c(Br)cccc21. The maximum absolute atomic E-state index is 11.5. The third kappa shape index (κ3) is 1.21. The molecule has 2 aromatic rings. The van der Waals surface area contributed by atoms with Gasteiger partial charge >= 0.3 is 0 Å². The van der Waals surface area contributed by atoms with Gasteiger partial charge in [0.1, 0.15) is 0 Å². The van der Waals surface area contributed by atoms with Crippen LogP contribution in [0.25, 0.3) is 10.9 Å². The number of benzene rings is 1. The molecule has 13 heavy (non-hydrogen) atoms. The number of nitrogens with zero attached hydrogens (tertiary/aromatic N) is 1. The van der Waals surface area contributed by atoms with Crippen molar-refractivity contribution in [1.82, 2.24) is 9.78 Å². The standard InChI is InChI=1S/C9H9BrN2O/c1-2-12-7-5-3-4-6(10)8(7)9(13)11-12/h3-5H,2H2,1H3,(H,11,13). The van der Waals surface area contributed by atoms with E-state index in [0.717, 1.165) is 21.9 Å². The van der Waals surface area contributed by atoms with Crippen molar-refractivity contribution in [3.63, 3.8) is 0 Å². The molecular formula is C9H9BrN2O. The second-order valence-corrected chi connectivity index (χ2v) is 3.67. The molecule has 0 fully saturated rings. The highest BCUT2D eigenvalue weighted by atomic mass is 79.9. The maximum atomic E-state index is 11.5. The largest absolute Gasteiger partial charge is 0.285 e. The van der Waals surface area contributed by atoms with Crippen LogP contribution in [0.15, 0.2) is 27.5 Å². The van der Waals surface area contributed by atoms with Crippen molar-refractivity contribution >= 4 is 26.8 Å². The summed E-state index contributed by atoms with van der Waals surface area (Å²) in [5.41, 5.74) is 0.909. The first-order chi connectivity index (χ1) is 6.24. The minimum absolute atomic E-state index is 0.0377. The molecule has 0 spiro atoms. The molecule has 1 aromatic carbocycles. The number of aryl methyl sites for hydroxylation is 1. The minimum atomic E-state index is -0.0377. The highest BCUT2D eigenvalue weighted by Gasteiger charge is 2.07. The summed E-state index contributed by atoms with van der Waals surface area (Å²) >= 11 is 3.36. The second kappa shape index (κ2) is 3.03. The van der Waals surface area contributed by atoms with Crippen molar-refractivity contribution in [2.24, 2.45) is 0 Å². The van der Waals surface area contributed by atoms with Gasteiger partial charge in [-0.3, -0.25) is 14.6 Å². The van der Waals surface area contributed by atoms with E-state index in [2.05, 4.69) is 21.0 Å². The monoisotopic (exact) mass is 240 g/mol. The van der Waals surface area contributed by atoms with E-state index in [-0.39, 0.29) is 5.56 Å². The van der Waals surface area contributed by atoms with Crippen molar-refractivity contribution in [1.29, 1.82) is 0 Å². The molecule has 68 valence electrons. The van der Waals surface area contributed by atoms with E-state index in [1.165, 1.54) is 0 Å². The van der Waals surface area contributed by atoms with Gasteiger partial charge in [-0.25, -0.2) is 0 Å². The molecule has 1 aromatic heterocycles. The van der Waals surface area contributed by atoms with Gasteiger partial charge in [-0.2, -0.15) is 0 Å². The fourth-order valence-corrected chi connectivity index (χ4v) is 1.99. The zero-order valence-electron chi connectivity index (χ0n) is 7.17. The summed E-state index contributed by atoms with van der Waals surface area (Å²) in [6.45, 7) is 2.77. The van der Waals surface area contributed by atoms with Crippen molar-refractivity contribution < 1.29 is 0 Å². The molecule has 0 aliphatic rings. The molecule has 0 aliphatic carbocycles. The highest BCUT2D eigenvalue weighted by molar-refractivity contribution is 9.10. The lowest BCUT2D eigenvalue weighted by Gasteiger charge is -1.98. The van der Waals surface area contributed by atoms with Crippen molar-refractivity contribution in [2.75, 3.05) is 0 Å². The Morgan fingerprint density at radius 1 is 1.54 bits per heavy atom. The fraction of sp³-hybridized carbons (Fsp3) is 0.222. The topological polar surface area (TPSA) is 37.8 Å². The van der Waals surface area contributed by atoms with Crippen LogP contribution in [0.4, 0.5) is 0 Å². The second-order valence-electron chi connectivity index (χ2n) is 2.82. The molecule has 0 atom stereocenters. The quantitative estimate of drug-likeness (QED) is 0.815. The average Bonchev–Trinajstić information content (AvgIpc) is 2.44. The minimum Gasteiger partial charge on any atom is -0.285 e. The van der Waals surface area contributed by atoms with E-state index in [1.807, 2.05) is 29.8 Å². The van der Waals surface area contributed by atoms with E-state index in [0.29, 0.717) is 0 Å². The first-order valence-electron chi connectivity index (χ1n) is 4.11. The van der Waals surface area contributed by atoms with Crippen molar-refractivity contribution in [2.45, 2.75) is 13.5 Å². The van der Waals surface area contributed by atoms with Crippen LogP contribution >= 0.6 is 15.9 Å². The summed E-state index contributed by atoms with van der Waals surface area (Å²) in [5.74, 6) is 0. The predicted molar refractivity (Wildman–Crippen MR) is 55.9 cm³/mol. The number of rotatable bonds is 1. The van der Waals surface area contributed by atoms with Crippen molar-refractivity contribution in [3.05, 3.63) is 33.0 Å². The molecule has 1 N–H and O–H groups in total. The van der Waals surface area contributed by atoms with Crippen LogP contribution < -0.4 is 5.56 Å². The number of fused-ring (bicyclic) bond motifs is 1. The number of H-pyrrole nitrogens is 1. The summed E-state index contributed by atoms with van der Waals surface area (Å²) in [6, 6.07) is 5.73. The number of aromatic nitrogens is 2. The molecule has 0 saturated carbocycles. The number of nitrogens with one attached hydrogen (secondary N) is 1. The number of halogens is 1. The van der Waals surface area contributed by atoms with Crippen LogP contribution in [-0.2, 0) is 6.54 Å². The third-order valence-electron chi connectivity index (χ3n) is 2.06. The first-order valence-corrected chi connectivity index (χ1v) is 4.90. The van der Waals surface area contributed by atoms with Gasteiger partial charge in [0.25, 0.3) is 5.56 Å². The smallest absolute Gasteiger partial charge is 0.273 e. The molecule has 0 saturated heterocycles. The van der Waals surface area contributed by atoms with Gasteiger partial charge in [0.2, 0.25) is 0 Å². The Kier molecular flexibility index (Phi) is 2.00. The normalized spacial score (nSPS) is 10.9. The van der Waals surface area contributed by atoms with Gasteiger partial charge in [0, 0.05) is 11.0 Å². The third-order valence-corrected chi connectivity index (χ3v) is 2.72. The molecular weight excluding hydrogens is 232 g/mol. The van der Waals surface area contributed by atoms with Crippen LogP contribution in [0.5, 0.6) is 0 Å². The molecule has 2 rings (SSSR count). The highest BCUT2D eigenvalue weighted by Crippen LogP contribution is 2.19. The fourth-order valence-electron chi connectivity index (χ4n) is 1.45. The Morgan fingerprint density at radius 3 is 3.00 bits per heavy atom. The zero-order valence-corrected chi connectivity index (χ0v) is 8.76. The van der Waals surface area contributed by atoms with Gasteiger partial charge in [0.05, 0.1) is 10.9 Å². The van der Waals surface area contributed by atoms with Crippen LogP contribution in [-0.4, -0.2) is 9.78 Å². The van der Waals surface area contributed by atoms with Gasteiger partial charge in [-0.1, -0.05) is 6.07 Å². The van der Waals surface area contributed by atoms with Crippen LogP contribution in [0, 0.1) is 0 Å². The van der Waals surface area contributed by atoms with E-state index in [4.69, 9.17) is 0 Å². The van der Waals surface area contributed by atoms with E-state index in [1.54, 1.807) is 0 Å². The Labute approximate surface area is 83.5 Å². The van der Waals surface area contributed by atoms with E-state index >= 15 is 0 Å². The lowest BCUT2D eigenvalue weighted by Crippen LogP contribution is -2.03. The first kappa shape index (κ1) is 8.56. The Balaban J connectivity index is 2.96. The number of hydrogen-bond donors (Lipinski definition) is 1. The van der Waals surface area contributed by atoms with E-state index in [9.17, 15) is 4.79 Å². The molecule has 4 heteroatoms. The Hall–Kier alpha value is -1.03. The summed E-state index contributed by atoms with van der Waals surface area (Å²) < 4.78 is 2.68. The zero-order chi connectivity index (χ0) is 9.42. The molecule has 0 unspecified atom stereocenters. The predicted octanol–water partition coefficient (Wildman–Crippen LogP) is 2.11. The molecule has 1 heterocycles. The molecule has 0 amide bonds. The lowest BCUT2D eigenvalue weighted by atomic mass is 10.2. The molecule has 0 aliphatic heterocycles. The number of aromatic amines is 1. The lowest BCUT2D eigenvalue weighted by molar-refractivity contribution is 0.676.